The van der Waals surface area contributed by atoms with Crippen LogP contribution >= 0.6 is 0 Å². The molecule has 2 aromatic carbocycles. The Morgan fingerprint density at radius 3 is 2.18 bits per heavy atom. The molecule has 0 bridgehead atoms. The van der Waals surface area contributed by atoms with E-state index in [1.54, 1.807) is 0 Å². The molecule has 0 aliphatic heterocycles. The molecule has 150 valence electrons. The smallest absolute Gasteiger partial charge is 0.416 e. The highest BCUT2D eigenvalue weighted by Gasteiger charge is 2.30. The lowest BCUT2D eigenvalue weighted by molar-refractivity contribution is -0.137. The van der Waals surface area contributed by atoms with Gasteiger partial charge in [-0.15, -0.1) is 0 Å². The third kappa shape index (κ3) is 5.66. The van der Waals surface area contributed by atoms with E-state index in [0.29, 0.717) is 0 Å². The first kappa shape index (κ1) is 21.1. The molecule has 1 unspecified atom stereocenters. The Kier molecular flexibility index (Phi) is 6.55. The van der Waals surface area contributed by atoms with Crippen molar-refractivity contribution in [3.8, 4) is 5.75 Å². The quantitative estimate of drug-likeness (QED) is 0.570. The van der Waals surface area contributed by atoms with Crippen molar-refractivity contribution in [3.05, 3.63) is 59.7 Å². The minimum atomic E-state index is -4.51. The first-order valence-corrected chi connectivity index (χ1v) is 7.81. The molecule has 0 radical (unpaired) electrons. The molecule has 0 saturated carbocycles. The Hall–Kier alpha value is -3.17. The van der Waals surface area contributed by atoms with E-state index in [1.165, 1.54) is 25.1 Å². The van der Waals surface area contributed by atoms with E-state index in [2.05, 4.69) is 10.1 Å². The van der Waals surface area contributed by atoms with Crippen LogP contribution in [-0.2, 0) is 15.7 Å². The highest BCUT2D eigenvalue weighted by Crippen LogP contribution is 2.30. The normalized spacial score (nSPS) is 12.4. The minimum absolute atomic E-state index is 0.0577. The van der Waals surface area contributed by atoms with E-state index in [4.69, 9.17) is 4.74 Å². The standard InChI is InChI=1S/C18H14F5NO4/c1-10(15(25)24-12-8-6-11(7-9-12)18(21,22)23)27-16(26)13-4-2-3-5-14(13)28-17(19)20/h2-10,17H,1H3,(H,24,25). The molecule has 0 spiro atoms. The third-order valence-corrected chi connectivity index (χ3v) is 3.46. The highest BCUT2D eigenvalue weighted by molar-refractivity contribution is 5.98. The molecule has 1 N–H and O–H groups in total. The zero-order valence-corrected chi connectivity index (χ0v) is 14.3. The second-order valence-corrected chi connectivity index (χ2v) is 5.49. The average molecular weight is 403 g/mol. The van der Waals surface area contributed by atoms with Crippen LogP contribution in [0.5, 0.6) is 5.75 Å². The summed E-state index contributed by atoms with van der Waals surface area (Å²) in [4.78, 5) is 24.2. The van der Waals surface area contributed by atoms with Gasteiger partial charge in [0.05, 0.1) is 5.56 Å². The lowest BCUT2D eigenvalue weighted by Crippen LogP contribution is -2.30. The first-order valence-electron chi connectivity index (χ1n) is 7.81. The zero-order valence-electron chi connectivity index (χ0n) is 14.3. The number of alkyl halides is 5. The van der Waals surface area contributed by atoms with E-state index < -0.39 is 42.1 Å². The van der Waals surface area contributed by atoms with Gasteiger partial charge in [0, 0.05) is 5.69 Å². The molecule has 0 saturated heterocycles. The zero-order chi connectivity index (χ0) is 20.9. The van der Waals surface area contributed by atoms with Crippen molar-refractivity contribution in [1.82, 2.24) is 0 Å². The number of carbonyl (C=O) groups excluding carboxylic acids is 2. The lowest BCUT2D eigenvalue weighted by Gasteiger charge is -2.15. The molecule has 0 fully saturated rings. The van der Waals surface area contributed by atoms with E-state index in [-0.39, 0.29) is 11.3 Å². The summed E-state index contributed by atoms with van der Waals surface area (Å²) < 4.78 is 71.5. The summed E-state index contributed by atoms with van der Waals surface area (Å²) >= 11 is 0. The van der Waals surface area contributed by atoms with Crippen LogP contribution in [-0.4, -0.2) is 24.6 Å². The van der Waals surface area contributed by atoms with Gasteiger partial charge in [0.2, 0.25) is 0 Å². The number of hydrogen-bond donors (Lipinski definition) is 1. The van der Waals surface area contributed by atoms with E-state index in [9.17, 15) is 31.5 Å². The van der Waals surface area contributed by atoms with E-state index in [0.717, 1.165) is 30.3 Å². The summed E-state index contributed by atoms with van der Waals surface area (Å²) in [6, 6.07) is 8.73. The van der Waals surface area contributed by atoms with E-state index >= 15 is 0 Å². The number of nitrogens with one attached hydrogen (secondary N) is 1. The predicted octanol–water partition coefficient (Wildman–Crippen LogP) is 4.49. The van der Waals surface area contributed by atoms with Crippen LogP contribution in [0.2, 0.25) is 0 Å². The van der Waals surface area contributed by atoms with Crippen molar-refractivity contribution in [2.75, 3.05) is 5.32 Å². The first-order chi connectivity index (χ1) is 13.1. The van der Waals surface area contributed by atoms with Gasteiger partial charge in [-0.25, -0.2) is 4.79 Å². The molecule has 0 aliphatic carbocycles. The van der Waals surface area contributed by atoms with Gasteiger partial charge in [0.15, 0.2) is 6.10 Å². The number of halogens is 5. The summed E-state index contributed by atoms with van der Waals surface area (Å²) in [5.74, 6) is -2.32. The van der Waals surface area contributed by atoms with Crippen LogP contribution in [0, 0.1) is 0 Å². The number of rotatable bonds is 6. The van der Waals surface area contributed by atoms with Gasteiger partial charge in [0.25, 0.3) is 5.91 Å². The van der Waals surface area contributed by atoms with Gasteiger partial charge < -0.3 is 14.8 Å². The van der Waals surface area contributed by atoms with Gasteiger partial charge in [-0.1, -0.05) is 12.1 Å². The molecule has 28 heavy (non-hydrogen) atoms. The van der Waals surface area contributed by atoms with Crippen LogP contribution in [0.15, 0.2) is 48.5 Å². The van der Waals surface area contributed by atoms with Crippen LogP contribution in [0.1, 0.15) is 22.8 Å². The Bertz CT molecular complexity index is 837. The fraction of sp³-hybridized carbons (Fsp3) is 0.222. The summed E-state index contributed by atoms with van der Waals surface area (Å²) in [6.07, 6.45) is -5.87. The van der Waals surface area contributed by atoms with E-state index in [1.807, 2.05) is 0 Å². The minimum Gasteiger partial charge on any atom is -0.449 e. The molecule has 1 atom stereocenters. The third-order valence-electron chi connectivity index (χ3n) is 3.46. The van der Waals surface area contributed by atoms with Gasteiger partial charge in [-0.3, -0.25) is 4.79 Å². The maximum Gasteiger partial charge on any atom is 0.416 e. The molecule has 2 rings (SSSR count). The topological polar surface area (TPSA) is 64.6 Å². The summed E-state index contributed by atoms with van der Waals surface area (Å²) in [5, 5.41) is 2.29. The summed E-state index contributed by atoms with van der Waals surface area (Å²) in [6.45, 7) is -1.94. The maximum absolute atomic E-state index is 12.5. The van der Waals surface area contributed by atoms with Gasteiger partial charge in [-0.05, 0) is 43.3 Å². The Morgan fingerprint density at radius 2 is 1.61 bits per heavy atom. The van der Waals surface area contributed by atoms with Crippen LogP contribution < -0.4 is 10.1 Å². The Balaban J connectivity index is 2.01. The monoisotopic (exact) mass is 403 g/mol. The number of benzene rings is 2. The fourth-order valence-corrected chi connectivity index (χ4v) is 2.10. The number of anilines is 1. The second kappa shape index (κ2) is 8.68. The van der Waals surface area contributed by atoms with Crippen molar-refractivity contribution >= 4 is 17.6 Å². The number of carbonyl (C=O) groups is 2. The van der Waals surface area contributed by atoms with Crippen molar-refractivity contribution in [2.24, 2.45) is 0 Å². The van der Waals surface area contributed by atoms with Crippen molar-refractivity contribution < 1.29 is 41.0 Å². The molecule has 1 amide bonds. The molecule has 0 aromatic heterocycles. The molecule has 10 heteroatoms. The van der Waals surface area contributed by atoms with Crippen molar-refractivity contribution in [1.29, 1.82) is 0 Å². The Morgan fingerprint density at radius 1 is 1.00 bits per heavy atom. The summed E-state index contributed by atoms with van der Waals surface area (Å²) in [7, 11) is 0. The maximum atomic E-state index is 12.5. The van der Waals surface area contributed by atoms with Crippen LogP contribution in [0.3, 0.4) is 0 Å². The average Bonchev–Trinajstić information content (AvgIpc) is 2.61. The molecular formula is C18H14F5NO4. The Labute approximate surface area is 156 Å². The molecule has 2 aromatic rings. The highest BCUT2D eigenvalue weighted by atomic mass is 19.4. The predicted molar refractivity (Wildman–Crippen MR) is 88.0 cm³/mol. The lowest BCUT2D eigenvalue weighted by atomic mass is 10.2. The van der Waals surface area contributed by atoms with Crippen LogP contribution in [0.4, 0.5) is 27.6 Å². The number of amides is 1. The fourth-order valence-electron chi connectivity index (χ4n) is 2.10. The molecule has 0 heterocycles. The molecule has 5 nitrogen and oxygen atoms in total. The van der Waals surface area contributed by atoms with Gasteiger partial charge in [-0.2, -0.15) is 22.0 Å². The SMILES string of the molecule is CC(OC(=O)c1ccccc1OC(F)F)C(=O)Nc1ccc(C(F)(F)F)cc1. The summed E-state index contributed by atoms with van der Waals surface area (Å²) in [5.41, 5.74) is -1.14. The van der Waals surface area contributed by atoms with Crippen molar-refractivity contribution in [3.63, 3.8) is 0 Å². The number of para-hydroxylation sites is 1. The molecule has 0 aliphatic rings. The van der Waals surface area contributed by atoms with Crippen LogP contribution in [0.25, 0.3) is 0 Å². The van der Waals surface area contributed by atoms with Gasteiger partial charge in [0.1, 0.15) is 11.3 Å². The number of esters is 1. The number of ether oxygens (including phenoxy) is 2. The second-order valence-electron chi connectivity index (χ2n) is 5.49. The largest absolute Gasteiger partial charge is 0.449 e. The number of hydrogen-bond acceptors (Lipinski definition) is 4. The van der Waals surface area contributed by atoms with Crippen molar-refractivity contribution in [2.45, 2.75) is 25.8 Å². The van der Waals surface area contributed by atoms with Gasteiger partial charge >= 0.3 is 18.8 Å². The molecular weight excluding hydrogens is 389 g/mol.